The molecule has 1 aliphatic heterocycles. The molecule has 0 amide bonds. The summed E-state index contributed by atoms with van der Waals surface area (Å²) in [5, 5.41) is 0. The Morgan fingerprint density at radius 2 is 2.00 bits per heavy atom. The van der Waals surface area contributed by atoms with E-state index in [2.05, 4.69) is 9.47 Å². The minimum atomic E-state index is -4.77. The molecule has 1 unspecified atom stereocenters. The second-order valence-corrected chi connectivity index (χ2v) is 3.68. The van der Waals surface area contributed by atoms with E-state index in [0.29, 0.717) is 5.75 Å². The van der Waals surface area contributed by atoms with Crippen molar-refractivity contribution >= 4 is 5.97 Å². The standard InChI is InChI=1S/C11H9F3O4/c1-16-7-3-2-4-8(5-7)18-9(15)10(6-17-10)11(12,13)14/h2-5H,6H2,1H3. The first-order chi connectivity index (χ1) is 8.39. The van der Waals surface area contributed by atoms with E-state index >= 15 is 0 Å². The molecule has 0 N–H and O–H groups in total. The molecule has 0 saturated carbocycles. The predicted molar refractivity (Wildman–Crippen MR) is 53.4 cm³/mol. The van der Waals surface area contributed by atoms with Crippen LogP contribution in [0.15, 0.2) is 24.3 Å². The first-order valence-corrected chi connectivity index (χ1v) is 4.96. The number of methoxy groups -OCH3 is 1. The summed E-state index contributed by atoms with van der Waals surface area (Å²) in [7, 11) is 1.39. The maximum atomic E-state index is 12.5. The Hall–Kier alpha value is -1.76. The fraction of sp³-hybridized carbons (Fsp3) is 0.364. The summed E-state index contributed by atoms with van der Waals surface area (Å²) in [4.78, 5) is 11.4. The van der Waals surface area contributed by atoms with Crippen LogP contribution < -0.4 is 9.47 Å². The molecule has 1 aromatic rings. The van der Waals surface area contributed by atoms with Crippen molar-refractivity contribution in [3.8, 4) is 11.5 Å². The molecule has 2 rings (SSSR count). The molecule has 98 valence electrons. The number of ether oxygens (including phenoxy) is 3. The molecule has 0 radical (unpaired) electrons. The van der Waals surface area contributed by atoms with Gasteiger partial charge in [0.2, 0.25) is 0 Å². The zero-order valence-electron chi connectivity index (χ0n) is 9.28. The first kappa shape index (κ1) is 12.7. The number of esters is 1. The summed E-state index contributed by atoms with van der Waals surface area (Å²) in [6, 6.07) is 5.73. The largest absolute Gasteiger partial charge is 0.497 e. The number of hydrogen-bond acceptors (Lipinski definition) is 4. The van der Waals surface area contributed by atoms with E-state index in [0.717, 1.165) is 0 Å². The summed E-state index contributed by atoms with van der Waals surface area (Å²) >= 11 is 0. The highest BCUT2D eigenvalue weighted by Crippen LogP contribution is 2.44. The van der Waals surface area contributed by atoms with Crippen LogP contribution in [0.25, 0.3) is 0 Å². The molecule has 1 atom stereocenters. The second-order valence-electron chi connectivity index (χ2n) is 3.68. The molecule has 0 bridgehead atoms. The Kier molecular flexibility index (Phi) is 2.94. The maximum absolute atomic E-state index is 12.5. The molecule has 4 nitrogen and oxygen atoms in total. The first-order valence-electron chi connectivity index (χ1n) is 4.96. The summed E-state index contributed by atoms with van der Waals surface area (Å²) < 4.78 is 51.4. The van der Waals surface area contributed by atoms with Crippen molar-refractivity contribution in [1.29, 1.82) is 0 Å². The van der Waals surface area contributed by atoms with Gasteiger partial charge in [-0.25, -0.2) is 4.79 Å². The number of carbonyl (C=O) groups is 1. The molecule has 1 aromatic carbocycles. The minimum Gasteiger partial charge on any atom is -0.497 e. The Bertz CT molecular complexity index is 466. The van der Waals surface area contributed by atoms with Crippen molar-refractivity contribution in [2.75, 3.05) is 13.7 Å². The third-order valence-corrected chi connectivity index (χ3v) is 2.47. The lowest BCUT2D eigenvalue weighted by atomic mass is 10.1. The number of benzene rings is 1. The Morgan fingerprint density at radius 3 is 2.50 bits per heavy atom. The SMILES string of the molecule is COc1cccc(OC(=O)C2(C(F)(F)F)CO2)c1. The van der Waals surface area contributed by atoms with Crippen molar-refractivity contribution in [3.05, 3.63) is 24.3 Å². The van der Waals surface area contributed by atoms with Crippen LogP contribution in [0.1, 0.15) is 0 Å². The predicted octanol–water partition coefficient (Wildman–Crippen LogP) is 1.93. The third kappa shape index (κ3) is 2.13. The van der Waals surface area contributed by atoms with Crippen molar-refractivity contribution in [3.63, 3.8) is 0 Å². The second kappa shape index (κ2) is 4.16. The number of hydrogen-bond donors (Lipinski definition) is 0. The van der Waals surface area contributed by atoms with Gasteiger partial charge in [-0.2, -0.15) is 13.2 Å². The van der Waals surface area contributed by atoms with Crippen molar-refractivity contribution in [1.82, 2.24) is 0 Å². The summed E-state index contributed by atoms with van der Waals surface area (Å²) in [6.45, 7) is -0.709. The van der Waals surface area contributed by atoms with Crippen molar-refractivity contribution in [2.24, 2.45) is 0 Å². The number of epoxide rings is 1. The van der Waals surface area contributed by atoms with E-state index in [1.165, 1.54) is 25.3 Å². The van der Waals surface area contributed by atoms with Crippen LogP contribution in [0.4, 0.5) is 13.2 Å². The van der Waals surface area contributed by atoms with Crippen LogP contribution in [0, 0.1) is 0 Å². The third-order valence-electron chi connectivity index (χ3n) is 2.47. The summed E-state index contributed by atoms with van der Waals surface area (Å²) in [5.41, 5.74) is -2.81. The van der Waals surface area contributed by atoms with Crippen LogP contribution in [0.3, 0.4) is 0 Å². The highest BCUT2D eigenvalue weighted by Gasteiger charge is 2.73. The maximum Gasteiger partial charge on any atom is 0.430 e. The quantitative estimate of drug-likeness (QED) is 0.474. The summed E-state index contributed by atoms with van der Waals surface area (Å²) in [6.07, 6.45) is -4.77. The Labute approximate surface area is 100 Å². The van der Waals surface area contributed by atoms with Gasteiger partial charge in [0, 0.05) is 6.07 Å². The summed E-state index contributed by atoms with van der Waals surface area (Å²) in [5.74, 6) is -1.13. The van der Waals surface area contributed by atoms with E-state index in [4.69, 9.17) is 4.74 Å². The van der Waals surface area contributed by atoms with E-state index < -0.39 is 24.4 Å². The minimum absolute atomic E-state index is 0.0292. The molecule has 1 saturated heterocycles. The Balaban J connectivity index is 2.12. The van der Waals surface area contributed by atoms with E-state index in [1.54, 1.807) is 6.07 Å². The number of alkyl halides is 3. The molecule has 1 aliphatic rings. The molecular formula is C11H9F3O4. The van der Waals surface area contributed by atoms with E-state index in [9.17, 15) is 18.0 Å². The normalized spacial score (nSPS) is 22.4. The van der Waals surface area contributed by atoms with Gasteiger partial charge in [0.25, 0.3) is 5.60 Å². The van der Waals surface area contributed by atoms with Crippen LogP contribution in [-0.2, 0) is 9.53 Å². The lowest BCUT2D eigenvalue weighted by molar-refractivity contribution is -0.198. The van der Waals surface area contributed by atoms with Gasteiger partial charge in [-0.3, -0.25) is 0 Å². The van der Waals surface area contributed by atoms with Crippen molar-refractivity contribution < 1.29 is 32.2 Å². The van der Waals surface area contributed by atoms with Crippen LogP contribution in [0.2, 0.25) is 0 Å². The van der Waals surface area contributed by atoms with Crippen LogP contribution in [-0.4, -0.2) is 31.5 Å². The fourth-order valence-electron chi connectivity index (χ4n) is 1.32. The highest BCUT2D eigenvalue weighted by atomic mass is 19.4. The van der Waals surface area contributed by atoms with Gasteiger partial charge >= 0.3 is 12.1 Å². The topological polar surface area (TPSA) is 48.1 Å². The van der Waals surface area contributed by atoms with Gasteiger partial charge in [0.05, 0.1) is 13.7 Å². The molecule has 0 aliphatic carbocycles. The van der Waals surface area contributed by atoms with Gasteiger partial charge in [-0.05, 0) is 12.1 Å². The highest BCUT2D eigenvalue weighted by molar-refractivity contribution is 5.85. The molecule has 7 heteroatoms. The van der Waals surface area contributed by atoms with E-state index in [1.807, 2.05) is 0 Å². The number of rotatable bonds is 3. The van der Waals surface area contributed by atoms with Crippen molar-refractivity contribution in [2.45, 2.75) is 11.8 Å². The zero-order valence-corrected chi connectivity index (χ0v) is 9.28. The van der Waals surface area contributed by atoms with Gasteiger partial charge in [-0.15, -0.1) is 0 Å². The van der Waals surface area contributed by atoms with E-state index in [-0.39, 0.29) is 5.75 Å². The zero-order chi connectivity index (χ0) is 13.4. The molecule has 1 heterocycles. The molecule has 0 aromatic heterocycles. The van der Waals surface area contributed by atoms with Gasteiger partial charge in [-0.1, -0.05) is 6.07 Å². The van der Waals surface area contributed by atoms with Gasteiger partial charge in [0.1, 0.15) is 11.5 Å². The lowest BCUT2D eigenvalue weighted by Gasteiger charge is -2.14. The average Bonchev–Trinajstić information content (AvgIpc) is 3.09. The van der Waals surface area contributed by atoms with Crippen LogP contribution in [0.5, 0.6) is 11.5 Å². The molecular weight excluding hydrogens is 253 g/mol. The Morgan fingerprint density at radius 1 is 1.39 bits per heavy atom. The molecule has 18 heavy (non-hydrogen) atoms. The van der Waals surface area contributed by atoms with Gasteiger partial charge < -0.3 is 14.2 Å². The monoisotopic (exact) mass is 262 g/mol. The lowest BCUT2D eigenvalue weighted by Crippen LogP contribution is -2.43. The fourth-order valence-corrected chi connectivity index (χ4v) is 1.32. The van der Waals surface area contributed by atoms with Crippen LogP contribution >= 0.6 is 0 Å². The smallest absolute Gasteiger partial charge is 0.430 e. The number of halogens is 3. The van der Waals surface area contributed by atoms with Gasteiger partial charge in [0.15, 0.2) is 0 Å². The molecule has 1 fully saturated rings. The average molecular weight is 262 g/mol. The number of carbonyl (C=O) groups excluding carboxylic acids is 1. The molecule has 0 spiro atoms.